The van der Waals surface area contributed by atoms with E-state index >= 15 is 0 Å². The lowest BCUT2D eigenvalue weighted by Crippen LogP contribution is -2.46. The summed E-state index contributed by atoms with van der Waals surface area (Å²) in [4.78, 5) is 13.1. The SMILES string of the molecule is Cn1ccc(Nc2nc(OC3CCC(N4CCOCC4)CC3)c3c(n2)sc2ccccc23)n1. The molecular formula is C24H28N6O2S. The Balaban J connectivity index is 1.27. The van der Waals surface area contributed by atoms with Crippen molar-refractivity contribution in [3.8, 4) is 5.88 Å². The summed E-state index contributed by atoms with van der Waals surface area (Å²) in [6, 6.07) is 10.9. The summed E-state index contributed by atoms with van der Waals surface area (Å²) in [6.07, 6.45) is 6.45. The van der Waals surface area contributed by atoms with Gasteiger partial charge in [0.1, 0.15) is 10.9 Å². The number of nitrogens with one attached hydrogen (secondary N) is 1. The van der Waals surface area contributed by atoms with E-state index in [9.17, 15) is 0 Å². The number of morpholine rings is 1. The second-order valence-corrected chi connectivity index (χ2v) is 9.86. The number of aryl methyl sites for hydroxylation is 1. The van der Waals surface area contributed by atoms with E-state index in [2.05, 4.69) is 39.6 Å². The highest BCUT2D eigenvalue weighted by molar-refractivity contribution is 7.25. The van der Waals surface area contributed by atoms with E-state index in [1.807, 2.05) is 19.3 Å². The number of hydrogen-bond donors (Lipinski definition) is 1. The number of nitrogens with zero attached hydrogens (tertiary/aromatic N) is 5. The molecule has 0 amide bonds. The molecule has 2 aliphatic rings. The van der Waals surface area contributed by atoms with Crippen molar-refractivity contribution in [3.63, 3.8) is 0 Å². The summed E-state index contributed by atoms with van der Waals surface area (Å²) >= 11 is 1.67. The molecule has 0 bridgehead atoms. The van der Waals surface area contributed by atoms with Crippen LogP contribution in [0.5, 0.6) is 5.88 Å². The molecule has 4 aromatic rings. The third-order valence-corrected chi connectivity index (χ3v) is 7.71. The van der Waals surface area contributed by atoms with E-state index in [0.717, 1.165) is 73.4 Å². The van der Waals surface area contributed by atoms with Gasteiger partial charge in [0.05, 0.1) is 18.6 Å². The molecule has 0 spiro atoms. The topological polar surface area (TPSA) is 77.3 Å². The van der Waals surface area contributed by atoms with Crippen LogP contribution in [0.15, 0.2) is 36.5 Å². The van der Waals surface area contributed by atoms with Gasteiger partial charge in [-0.15, -0.1) is 11.3 Å². The predicted octanol–water partition coefficient (Wildman–Crippen LogP) is 4.34. The van der Waals surface area contributed by atoms with Gasteiger partial charge >= 0.3 is 0 Å². The third-order valence-electron chi connectivity index (χ3n) is 6.64. The lowest BCUT2D eigenvalue weighted by atomic mass is 9.91. The van der Waals surface area contributed by atoms with Crippen LogP contribution in [0, 0.1) is 0 Å². The van der Waals surface area contributed by atoms with E-state index in [4.69, 9.17) is 19.4 Å². The zero-order valence-electron chi connectivity index (χ0n) is 18.7. The number of ether oxygens (including phenoxy) is 2. The molecule has 3 aromatic heterocycles. The van der Waals surface area contributed by atoms with Gasteiger partial charge in [0.25, 0.3) is 0 Å². The van der Waals surface area contributed by atoms with Crippen LogP contribution in [0.25, 0.3) is 20.3 Å². The Morgan fingerprint density at radius 2 is 1.88 bits per heavy atom. The summed E-state index contributed by atoms with van der Waals surface area (Å²) in [7, 11) is 1.89. The Labute approximate surface area is 196 Å². The van der Waals surface area contributed by atoms with E-state index in [1.165, 1.54) is 4.70 Å². The van der Waals surface area contributed by atoms with Crippen LogP contribution in [-0.2, 0) is 11.8 Å². The average molecular weight is 465 g/mol. The van der Waals surface area contributed by atoms with Crippen molar-refractivity contribution < 1.29 is 9.47 Å². The number of rotatable bonds is 5. The lowest BCUT2D eigenvalue weighted by Gasteiger charge is -2.38. The molecule has 0 unspecified atom stereocenters. The number of anilines is 2. The molecule has 2 fully saturated rings. The normalized spacial score (nSPS) is 22.1. The van der Waals surface area contributed by atoms with Crippen molar-refractivity contribution >= 4 is 43.4 Å². The minimum Gasteiger partial charge on any atom is -0.474 e. The van der Waals surface area contributed by atoms with E-state index in [-0.39, 0.29) is 6.10 Å². The minimum atomic E-state index is 0.168. The predicted molar refractivity (Wildman–Crippen MR) is 130 cm³/mol. The van der Waals surface area contributed by atoms with Crippen molar-refractivity contribution in [1.82, 2.24) is 24.6 Å². The first-order chi connectivity index (χ1) is 16.2. The molecule has 8 nitrogen and oxygen atoms in total. The number of hydrogen-bond acceptors (Lipinski definition) is 8. The van der Waals surface area contributed by atoms with Gasteiger partial charge < -0.3 is 14.8 Å². The monoisotopic (exact) mass is 464 g/mol. The zero-order valence-corrected chi connectivity index (χ0v) is 19.6. The van der Waals surface area contributed by atoms with Crippen LogP contribution in [0.1, 0.15) is 25.7 Å². The summed E-state index contributed by atoms with van der Waals surface area (Å²) in [5.74, 6) is 1.91. The highest BCUT2D eigenvalue weighted by Gasteiger charge is 2.29. The second-order valence-electron chi connectivity index (χ2n) is 8.83. The van der Waals surface area contributed by atoms with Gasteiger partial charge in [-0.25, -0.2) is 4.98 Å². The Morgan fingerprint density at radius 3 is 2.67 bits per heavy atom. The van der Waals surface area contributed by atoms with Crippen LogP contribution in [0.2, 0.25) is 0 Å². The maximum absolute atomic E-state index is 6.60. The first kappa shape index (κ1) is 20.8. The zero-order chi connectivity index (χ0) is 22.2. The van der Waals surface area contributed by atoms with Crippen molar-refractivity contribution in [2.24, 2.45) is 7.05 Å². The quantitative estimate of drug-likeness (QED) is 0.471. The van der Waals surface area contributed by atoms with Crippen LogP contribution in [0.4, 0.5) is 11.8 Å². The van der Waals surface area contributed by atoms with E-state index in [0.29, 0.717) is 17.9 Å². The summed E-state index contributed by atoms with van der Waals surface area (Å²) in [6.45, 7) is 3.80. The van der Waals surface area contributed by atoms with Crippen LogP contribution < -0.4 is 10.1 Å². The molecular weight excluding hydrogens is 436 g/mol. The molecule has 4 heterocycles. The molecule has 1 saturated carbocycles. The fourth-order valence-electron chi connectivity index (χ4n) is 4.96. The number of thiophene rings is 1. The summed E-state index contributed by atoms with van der Waals surface area (Å²) in [5, 5.41) is 9.81. The fourth-order valence-corrected chi connectivity index (χ4v) is 6.02. The second kappa shape index (κ2) is 8.89. The molecule has 1 aliphatic heterocycles. The molecule has 1 aromatic carbocycles. The van der Waals surface area contributed by atoms with Crippen molar-refractivity contribution in [2.75, 3.05) is 31.6 Å². The van der Waals surface area contributed by atoms with Gasteiger partial charge in [0, 0.05) is 48.5 Å². The maximum Gasteiger partial charge on any atom is 0.233 e. The van der Waals surface area contributed by atoms with Gasteiger partial charge in [0.2, 0.25) is 11.8 Å². The smallest absolute Gasteiger partial charge is 0.233 e. The first-order valence-corrected chi connectivity index (χ1v) is 12.5. The molecule has 1 aliphatic carbocycles. The maximum atomic E-state index is 6.60. The molecule has 1 saturated heterocycles. The average Bonchev–Trinajstić information content (AvgIpc) is 3.43. The minimum absolute atomic E-state index is 0.168. The van der Waals surface area contributed by atoms with Crippen LogP contribution in [0.3, 0.4) is 0 Å². The number of fused-ring (bicyclic) bond motifs is 3. The first-order valence-electron chi connectivity index (χ1n) is 11.7. The number of aromatic nitrogens is 4. The highest BCUT2D eigenvalue weighted by Crippen LogP contribution is 2.39. The summed E-state index contributed by atoms with van der Waals surface area (Å²) < 4.78 is 15.1. The molecule has 6 rings (SSSR count). The van der Waals surface area contributed by atoms with Gasteiger partial charge in [-0.05, 0) is 31.7 Å². The van der Waals surface area contributed by atoms with Gasteiger partial charge in [-0.3, -0.25) is 9.58 Å². The molecule has 9 heteroatoms. The van der Waals surface area contributed by atoms with Crippen molar-refractivity contribution in [2.45, 2.75) is 37.8 Å². The molecule has 0 atom stereocenters. The van der Waals surface area contributed by atoms with Crippen molar-refractivity contribution in [1.29, 1.82) is 0 Å². The van der Waals surface area contributed by atoms with Crippen molar-refractivity contribution in [3.05, 3.63) is 36.5 Å². The Bertz CT molecular complexity index is 1260. The third kappa shape index (κ3) is 4.28. The number of benzene rings is 1. The van der Waals surface area contributed by atoms with Crippen LogP contribution >= 0.6 is 11.3 Å². The molecule has 0 radical (unpaired) electrons. The molecule has 33 heavy (non-hydrogen) atoms. The molecule has 172 valence electrons. The standard InChI is InChI=1S/C24H28N6O2S/c1-29-11-10-20(28-29)25-24-26-22(21-18-4-2-3-5-19(18)33-23(21)27-24)32-17-8-6-16(7-9-17)30-12-14-31-15-13-30/h2-5,10-11,16-17H,6-9,12-15H2,1H3,(H,25,26,27,28). The molecule has 1 N–H and O–H groups in total. The van der Waals surface area contributed by atoms with E-state index < -0.39 is 0 Å². The Morgan fingerprint density at radius 1 is 1.06 bits per heavy atom. The fraction of sp³-hybridized carbons (Fsp3) is 0.458. The van der Waals surface area contributed by atoms with Gasteiger partial charge in [0.15, 0.2) is 5.82 Å². The largest absolute Gasteiger partial charge is 0.474 e. The van der Waals surface area contributed by atoms with E-state index in [1.54, 1.807) is 16.0 Å². The van der Waals surface area contributed by atoms with Gasteiger partial charge in [-0.1, -0.05) is 18.2 Å². The lowest BCUT2D eigenvalue weighted by molar-refractivity contribution is -0.00124. The Kier molecular flexibility index (Phi) is 5.61. The summed E-state index contributed by atoms with van der Waals surface area (Å²) in [5.41, 5.74) is 0. The highest BCUT2D eigenvalue weighted by atomic mass is 32.1. The Hall–Kier alpha value is -2.75. The van der Waals surface area contributed by atoms with Gasteiger partial charge in [-0.2, -0.15) is 10.1 Å². The van der Waals surface area contributed by atoms with Crippen LogP contribution in [-0.4, -0.2) is 63.1 Å².